The minimum absolute atomic E-state index is 0.0684. The second-order valence-corrected chi connectivity index (χ2v) is 1.88. The molecule has 3 heteroatoms. The molecule has 0 unspecified atom stereocenters. The van der Waals surface area contributed by atoms with Gasteiger partial charge < -0.3 is 9.63 Å². The maximum absolute atomic E-state index is 8.57. The van der Waals surface area contributed by atoms with E-state index in [9.17, 15) is 0 Å². The van der Waals surface area contributed by atoms with Gasteiger partial charge in [0.2, 0.25) is 0 Å². The van der Waals surface area contributed by atoms with E-state index < -0.39 is 0 Å². The Morgan fingerprint density at radius 3 is 3.10 bits per heavy atom. The molecule has 1 aromatic rings. The van der Waals surface area contributed by atoms with Gasteiger partial charge in [-0.05, 0) is 13.0 Å². The van der Waals surface area contributed by atoms with E-state index in [-0.39, 0.29) is 6.61 Å². The zero-order chi connectivity index (χ0) is 7.40. The molecule has 0 amide bonds. The van der Waals surface area contributed by atoms with Crippen molar-refractivity contribution >= 4 is 6.08 Å². The third-order valence-electron chi connectivity index (χ3n) is 1.07. The standard InChI is InChI=1S/C7H9NO2/c1-2-3-7-4-6(5-9)8-10-7/h2-4,9H,5H2,1H3/b3-2+. The van der Waals surface area contributed by atoms with Crippen molar-refractivity contribution in [3.63, 3.8) is 0 Å². The third-order valence-corrected chi connectivity index (χ3v) is 1.07. The molecular formula is C7H9NO2. The third kappa shape index (κ3) is 1.45. The Labute approximate surface area is 59.0 Å². The van der Waals surface area contributed by atoms with Gasteiger partial charge in [-0.1, -0.05) is 11.2 Å². The minimum Gasteiger partial charge on any atom is -0.390 e. The van der Waals surface area contributed by atoms with E-state index in [1.54, 1.807) is 12.1 Å². The van der Waals surface area contributed by atoms with Gasteiger partial charge in [-0.15, -0.1) is 0 Å². The molecule has 0 aliphatic rings. The highest BCUT2D eigenvalue weighted by atomic mass is 16.5. The normalized spacial score (nSPS) is 11.0. The van der Waals surface area contributed by atoms with E-state index in [1.165, 1.54) is 0 Å². The lowest BCUT2D eigenvalue weighted by Gasteiger charge is -1.75. The van der Waals surface area contributed by atoms with Crippen LogP contribution in [0.25, 0.3) is 6.08 Å². The van der Waals surface area contributed by atoms with Crippen LogP contribution in [0.5, 0.6) is 0 Å². The van der Waals surface area contributed by atoms with Gasteiger partial charge in [0.1, 0.15) is 5.69 Å². The van der Waals surface area contributed by atoms with Crippen LogP contribution in [0.1, 0.15) is 18.4 Å². The Morgan fingerprint density at radius 1 is 1.80 bits per heavy atom. The highest BCUT2D eigenvalue weighted by Crippen LogP contribution is 2.04. The molecule has 0 fully saturated rings. The van der Waals surface area contributed by atoms with Gasteiger partial charge in [-0.2, -0.15) is 0 Å². The molecule has 0 atom stereocenters. The molecule has 0 radical (unpaired) electrons. The van der Waals surface area contributed by atoms with Crippen molar-refractivity contribution < 1.29 is 9.63 Å². The number of nitrogens with zero attached hydrogens (tertiary/aromatic N) is 1. The van der Waals surface area contributed by atoms with E-state index in [4.69, 9.17) is 9.63 Å². The molecule has 0 saturated heterocycles. The number of aliphatic hydroxyl groups excluding tert-OH is 1. The molecular weight excluding hydrogens is 130 g/mol. The first-order valence-electron chi connectivity index (χ1n) is 3.06. The van der Waals surface area contributed by atoms with E-state index >= 15 is 0 Å². The van der Waals surface area contributed by atoms with E-state index in [2.05, 4.69) is 5.16 Å². The van der Waals surface area contributed by atoms with Crippen molar-refractivity contribution in [2.24, 2.45) is 0 Å². The molecule has 0 saturated carbocycles. The van der Waals surface area contributed by atoms with Crippen molar-refractivity contribution in [3.05, 3.63) is 23.6 Å². The van der Waals surface area contributed by atoms with E-state index in [0.29, 0.717) is 11.5 Å². The topological polar surface area (TPSA) is 46.3 Å². The molecule has 0 aliphatic heterocycles. The maximum atomic E-state index is 8.57. The summed E-state index contributed by atoms with van der Waals surface area (Å²) < 4.78 is 4.80. The summed E-state index contributed by atoms with van der Waals surface area (Å²) in [6, 6.07) is 1.69. The van der Waals surface area contributed by atoms with Crippen LogP contribution in [0.15, 0.2) is 16.7 Å². The van der Waals surface area contributed by atoms with Gasteiger partial charge in [-0.3, -0.25) is 0 Å². The fraction of sp³-hybridized carbons (Fsp3) is 0.286. The Bertz CT molecular complexity index is 227. The number of rotatable bonds is 2. The van der Waals surface area contributed by atoms with Gasteiger partial charge in [0.25, 0.3) is 0 Å². The molecule has 0 bridgehead atoms. The average Bonchev–Trinajstić information content (AvgIpc) is 2.37. The summed E-state index contributed by atoms with van der Waals surface area (Å²) in [4.78, 5) is 0. The van der Waals surface area contributed by atoms with Crippen molar-refractivity contribution in [3.8, 4) is 0 Å². The number of allylic oxidation sites excluding steroid dienone is 1. The monoisotopic (exact) mass is 139 g/mol. The zero-order valence-corrected chi connectivity index (χ0v) is 5.74. The summed E-state index contributed by atoms with van der Waals surface area (Å²) in [7, 11) is 0. The Balaban J connectivity index is 2.78. The first kappa shape index (κ1) is 7.02. The van der Waals surface area contributed by atoms with E-state index in [0.717, 1.165) is 0 Å². The Kier molecular flexibility index (Phi) is 2.23. The van der Waals surface area contributed by atoms with E-state index in [1.807, 2.05) is 13.0 Å². The average molecular weight is 139 g/mol. The highest BCUT2D eigenvalue weighted by molar-refractivity contribution is 5.41. The lowest BCUT2D eigenvalue weighted by atomic mass is 10.3. The van der Waals surface area contributed by atoms with Gasteiger partial charge in [0.15, 0.2) is 5.76 Å². The van der Waals surface area contributed by atoms with Crippen molar-refractivity contribution in [2.45, 2.75) is 13.5 Å². The first-order valence-corrected chi connectivity index (χ1v) is 3.06. The van der Waals surface area contributed by atoms with Crippen molar-refractivity contribution in [1.29, 1.82) is 0 Å². The molecule has 1 heterocycles. The summed E-state index contributed by atoms with van der Waals surface area (Å²) in [5.74, 6) is 0.673. The van der Waals surface area contributed by atoms with Crippen molar-refractivity contribution in [2.75, 3.05) is 0 Å². The summed E-state index contributed by atoms with van der Waals surface area (Å²) >= 11 is 0. The molecule has 0 spiro atoms. The Morgan fingerprint density at radius 2 is 2.60 bits per heavy atom. The largest absolute Gasteiger partial charge is 0.390 e. The predicted octanol–water partition coefficient (Wildman–Crippen LogP) is 1.20. The molecule has 10 heavy (non-hydrogen) atoms. The first-order chi connectivity index (χ1) is 4.86. The quantitative estimate of drug-likeness (QED) is 0.669. The highest BCUT2D eigenvalue weighted by Gasteiger charge is 1.96. The fourth-order valence-corrected chi connectivity index (χ4v) is 0.646. The van der Waals surface area contributed by atoms with Crippen LogP contribution in [0.4, 0.5) is 0 Å². The smallest absolute Gasteiger partial charge is 0.159 e. The molecule has 0 aromatic carbocycles. The minimum atomic E-state index is -0.0684. The lowest BCUT2D eigenvalue weighted by molar-refractivity contribution is 0.266. The number of aliphatic hydroxyl groups is 1. The van der Waals surface area contributed by atoms with Crippen LogP contribution < -0.4 is 0 Å². The molecule has 1 N–H and O–H groups in total. The molecule has 3 nitrogen and oxygen atoms in total. The van der Waals surface area contributed by atoms with Gasteiger partial charge in [0.05, 0.1) is 6.61 Å². The molecule has 1 rings (SSSR count). The van der Waals surface area contributed by atoms with Crippen LogP contribution in [-0.2, 0) is 6.61 Å². The number of hydrogen-bond acceptors (Lipinski definition) is 3. The summed E-state index contributed by atoms with van der Waals surface area (Å²) in [5.41, 5.74) is 0.563. The van der Waals surface area contributed by atoms with Crippen LogP contribution in [-0.4, -0.2) is 10.3 Å². The number of aromatic nitrogens is 1. The maximum Gasteiger partial charge on any atom is 0.159 e. The van der Waals surface area contributed by atoms with Gasteiger partial charge in [-0.25, -0.2) is 0 Å². The predicted molar refractivity (Wildman–Crippen MR) is 37.1 cm³/mol. The van der Waals surface area contributed by atoms with Crippen LogP contribution in [0.2, 0.25) is 0 Å². The second kappa shape index (κ2) is 3.17. The van der Waals surface area contributed by atoms with Crippen LogP contribution in [0, 0.1) is 0 Å². The zero-order valence-electron chi connectivity index (χ0n) is 5.74. The summed E-state index contributed by atoms with van der Waals surface area (Å²) in [6.45, 7) is 1.82. The summed E-state index contributed by atoms with van der Waals surface area (Å²) in [5, 5.41) is 12.1. The molecule has 0 aliphatic carbocycles. The van der Waals surface area contributed by atoms with Crippen LogP contribution in [0.3, 0.4) is 0 Å². The fourth-order valence-electron chi connectivity index (χ4n) is 0.646. The number of hydrogen-bond donors (Lipinski definition) is 1. The molecule has 54 valence electrons. The lowest BCUT2D eigenvalue weighted by Crippen LogP contribution is -1.78. The Hall–Kier alpha value is -1.09. The van der Waals surface area contributed by atoms with Crippen LogP contribution >= 0.6 is 0 Å². The van der Waals surface area contributed by atoms with Crippen molar-refractivity contribution in [1.82, 2.24) is 5.16 Å². The molecule has 1 aromatic heterocycles. The van der Waals surface area contributed by atoms with Gasteiger partial charge in [0, 0.05) is 6.07 Å². The second-order valence-electron chi connectivity index (χ2n) is 1.88. The summed E-state index contributed by atoms with van der Waals surface area (Å²) in [6.07, 6.45) is 3.63. The SMILES string of the molecule is C/C=C/c1cc(CO)no1. The van der Waals surface area contributed by atoms with Gasteiger partial charge >= 0.3 is 0 Å².